The van der Waals surface area contributed by atoms with Crippen LogP contribution >= 0.6 is 12.4 Å². The summed E-state index contributed by atoms with van der Waals surface area (Å²) in [5.41, 5.74) is 5.42. The smallest absolute Gasteiger partial charge is 0.222 e. The lowest BCUT2D eigenvalue weighted by molar-refractivity contribution is -0.134. The first kappa shape index (κ1) is 17.7. The molecule has 4 nitrogen and oxygen atoms in total. The average molecular weight is 279 g/mol. The molecule has 1 amide bonds. The molecule has 1 heterocycles. The second-order valence-corrected chi connectivity index (χ2v) is 5.19. The molecule has 0 atom stereocenters. The molecular weight excluding hydrogens is 252 g/mol. The fourth-order valence-electron chi connectivity index (χ4n) is 2.08. The van der Waals surface area contributed by atoms with Crippen molar-refractivity contribution in [3.05, 3.63) is 0 Å². The number of piperidine rings is 1. The highest BCUT2D eigenvalue weighted by Crippen LogP contribution is 2.16. The van der Waals surface area contributed by atoms with Gasteiger partial charge in [-0.1, -0.05) is 13.8 Å². The number of likely N-dealkylation sites (tertiary alicyclic amines) is 1. The molecule has 1 aliphatic heterocycles. The summed E-state index contributed by atoms with van der Waals surface area (Å²) in [5, 5.41) is 0. The van der Waals surface area contributed by atoms with Gasteiger partial charge in [-0.05, 0) is 31.7 Å². The summed E-state index contributed by atoms with van der Waals surface area (Å²) in [6, 6.07) is 0. The topological polar surface area (TPSA) is 55.6 Å². The van der Waals surface area contributed by atoms with E-state index >= 15 is 0 Å². The molecule has 1 rings (SSSR count). The predicted octanol–water partition coefficient (Wildman–Crippen LogP) is 1.81. The quantitative estimate of drug-likeness (QED) is 0.754. The second kappa shape index (κ2) is 9.59. The van der Waals surface area contributed by atoms with E-state index in [9.17, 15) is 4.79 Å². The van der Waals surface area contributed by atoms with E-state index < -0.39 is 0 Å². The molecule has 0 aromatic rings. The van der Waals surface area contributed by atoms with Crippen LogP contribution in [0.5, 0.6) is 0 Å². The molecule has 18 heavy (non-hydrogen) atoms. The fourth-order valence-corrected chi connectivity index (χ4v) is 2.08. The maximum absolute atomic E-state index is 11.8. The number of ether oxygens (including phenoxy) is 1. The Morgan fingerprint density at radius 2 is 2.00 bits per heavy atom. The van der Waals surface area contributed by atoms with Crippen molar-refractivity contribution in [3.63, 3.8) is 0 Å². The van der Waals surface area contributed by atoms with Crippen LogP contribution in [-0.2, 0) is 9.53 Å². The van der Waals surface area contributed by atoms with E-state index in [4.69, 9.17) is 10.5 Å². The molecule has 0 aliphatic carbocycles. The van der Waals surface area contributed by atoms with Gasteiger partial charge >= 0.3 is 0 Å². The minimum atomic E-state index is 0. The zero-order valence-electron chi connectivity index (χ0n) is 11.6. The van der Waals surface area contributed by atoms with Crippen LogP contribution in [0, 0.1) is 5.92 Å². The van der Waals surface area contributed by atoms with Crippen molar-refractivity contribution in [1.82, 2.24) is 4.90 Å². The summed E-state index contributed by atoms with van der Waals surface area (Å²) in [4.78, 5) is 13.8. The van der Waals surface area contributed by atoms with Crippen molar-refractivity contribution in [2.75, 3.05) is 26.2 Å². The molecule has 0 unspecified atom stereocenters. The highest BCUT2D eigenvalue weighted by atomic mass is 35.5. The molecule has 0 radical (unpaired) electrons. The number of rotatable bonds is 6. The van der Waals surface area contributed by atoms with Gasteiger partial charge in [0.25, 0.3) is 0 Å². The molecular formula is C13H27ClN2O2. The van der Waals surface area contributed by atoms with Gasteiger partial charge in [-0.15, -0.1) is 12.4 Å². The van der Waals surface area contributed by atoms with Crippen LogP contribution in [0.25, 0.3) is 0 Å². The monoisotopic (exact) mass is 278 g/mol. The maximum Gasteiger partial charge on any atom is 0.222 e. The standard InChI is InChI=1S/C13H26N2O2.ClH/c1-11(2)10-13(16)15-7-4-12(5-8-15)17-9-3-6-14;/h11-12H,3-10,14H2,1-2H3;1H. The summed E-state index contributed by atoms with van der Waals surface area (Å²) >= 11 is 0. The van der Waals surface area contributed by atoms with Crippen LogP contribution in [0.3, 0.4) is 0 Å². The molecule has 1 saturated heterocycles. The molecule has 2 N–H and O–H groups in total. The molecule has 108 valence electrons. The van der Waals surface area contributed by atoms with Crippen molar-refractivity contribution in [2.45, 2.75) is 45.6 Å². The number of hydrogen-bond donors (Lipinski definition) is 1. The molecule has 5 heteroatoms. The van der Waals surface area contributed by atoms with E-state index in [1.165, 1.54) is 0 Å². The number of hydrogen-bond acceptors (Lipinski definition) is 3. The van der Waals surface area contributed by atoms with Gasteiger partial charge in [0.1, 0.15) is 0 Å². The Labute approximate surface area is 117 Å². The van der Waals surface area contributed by atoms with Gasteiger partial charge in [0.05, 0.1) is 6.10 Å². The molecule has 1 aliphatic rings. The molecule has 0 aromatic carbocycles. The summed E-state index contributed by atoms with van der Waals surface area (Å²) in [7, 11) is 0. The number of carbonyl (C=O) groups is 1. The Kier molecular flexibility index (Phi) is 9.42. The Morgan fingerprint density at radius 3 is 2.50 bits per heavy atom. The number of carbonyl (C=O) groups excluding carboxylic acids is 1. The number of nitrogens with two attached hydrogens (primary N) is 1. The Bertz CT molecular complexity index is 229. The zero-order chi connectivity index (χ0) is 12.7. The van der Waals surface area contributed by atoms with Crippen LogP contribution in [0.2, 0.25) is 0 Å². The van der Waals surface area contributed by atoms with Crippen LogP contribution in [-0.4, -0.2) is 43.2 Å². The lowest BCUT2D eigenvalue weighted by atomic mass is 10.1. The summed E-state index contributed by atoms with van der Waals surface area (Å²) in [6.45, 7) is 7.30. The Balaban J connectivity index is 0.00000289. The van der Waals surface area contributed by atoms with Crippen LogP contribution in [0.4, 0.5) is 0 Å². The van der Waals surface area contributed by atoms with Crippen molar-refractivity contribution < 1.29 is 9.53 Å². The number of amides is 1. The maximum atomic E-state index is 11.8. The zero-order valence-corrected chi connectivity index (χ0v) is 12.4. The molecule has 0 spiro atoms. The predicted molar refractivity (Wildman–Crippen MR) is 75.9 cm³/mol. The average Bonchev–Trinajstić information content (AvgIpc) is 2.29. The summed E-state index contributed by atoms with van der Waals surface area (Å²) in [6.07, 6.45) is 3.85. The highest BCUT2D eigenvalue weighted by Gasteiger charge is 2.23. The summed E-state index contributed by atoms with van der Waals surface area (Å²) in [5.74, 6) is 0.737. The van der Waals surface area contributed by atoms with Crippen LogP contribution in [0.15, 0.2) is 0 Å². The second-order valence-electron chi connectivity index (χ2n) is 5.19. The Hall–Kier alpha value is -0.320. The van der Waals surface area contributed by atoms with Gasteiger partial charge in [-0.25, -0.2) is 0 Å². The largest absolute Gasteiger partial charge is 0.378 e. The minimum absolute atomic E-state index is 0. The first-order valence-electron chi connectivity index (χ1n) is 6.73. The lowest BCUT2D eigenvalue weighted by Gasteiger charge is -2.32. The van der Waals surface area contributed by atoms with Crippen LogP contribution < -0.4 is 5.73 Å². The van der Waals surface area contributed by atoms with Gasteiger partial charge in [0.2, 0.25) is 5.91 Å². The van der Waals surface area contributed by atoms with Crippen LogP contribution in [0.1, 0.15) is 39.5 Å². The molecule has 0 saturated carbocycles. The van der Waals surface area contributed by atoms with Gasteiger partial charge < -0.3 is 15.4 Å². The SMILES string of the molecule is CC(C)CC(=O)N1CCC(OCCCN)CC1.Cl. The van der Waals surface area contributed by atoms with E-state index in [1.807, 2.05) is 4.90 Å². The van der Waals surface area contributed by atoms with E-state index in [2.05, 4.69) is 13.8 Å². The third-order valence-corrected chi connectivity index (χ3v) is 3.08. The van der Waals surface area contributed by atoms with Gasteiger partial charge in [0, 0.05) is 26.1 Å². The first-order valence-corrected chi connectivity index (χ1v) is 6.73. The van der Waals surface area contributed by atoms with E-state index in [1.54, 1.807) is 0 Å². The minimum Gasteiger partial charge on any atom is -0.378 e. The van der Waals surface area contributed by atoms with Crippen molar-refractivity contribution in [2.24, 2.45) is 11.7 Å². The molecule has 0 bridgehead atoms. The number of nitrogens with zero attached hydrogens (tertiary/aromatic N) is 1. The third-order valence-electron chi connectivity index (χ3n) is 3.08. The van der Waals surface area contributed by atoms with Gasteiger partial charge in [0.15, 0.2) is 0 Å². The fraction of sp³-hybridized carbons (Fsp3) is 0.923. The van der Waals surface area contributed by atoms with E-state index in [-0.39, 0.29) is 12.4 Å². The van der Waals surface area contributed by atoms with E-state index in [0.29, 0.717) is 30.9 Å². The van der Waals surface area contributed by atoms with Crippen molar-refractivity contribution in [1.29, 1.82) is 0 Å². The normalized spacial score (nSPS) is 16.8. The Morgan fingerprint density at radius 1 is 1.39 bits per heavy atom. The molecule has 1 fully saturated rings. The van der Waals surface area contributed by atoms with Crippen molar-refractivity contribution in [3.8, 4) is 0 Å². The highest BCUT2D eigenvalue weighted by molar-refractivity contribution is 5.85. The number of halogens is 1. The van der Waals surface area contributed by atoms with Gasteiger partial charge in [-0.2, -0.15) is 0 Å². The first-order chi connectivity index (χ1) is 8.13. The summed E-state index contributed by atoms with van der Waals surface area (Å²) < 4.78 is 5.71. The molecule has 0 aromatic heterocycles. The third kappa shape index (κ3) is 6.57. The van der Waals surface area contributed by atoms with Gasteiger partial charge in [-0.3, -0.25) is 4.79 Å². The van der Waals surface area contributed by atoms with Crippen molar-refractivity contribution >= 4 is 18.3 Å². The lowest BCUT2D eigenvalue weighted by Crippen LogP contribution is -2.41. The van der Waals surface area contributed by atoms with E-state index in [0.717, 1.165) is 39.0 Å².